The van der Waals surface area contributed by atoms with E-state index in [-0.39, 0.29) is 0 Å². The fourth-order valence-electron chi connectivity index (χ4n) is 1.22. The third-order valence-corrected chi connectivity index (χ3v) is 2.24. The van der Waals surface area contributed by atoms with Gasteiger partial charge in [0, 0.05) is 10.6 Å². The summed E-state index contributed by atoms with van der Waals surface area (Å²) in [5, 5.41) is 1.01. The first kappa shape index (κ1) is 9.50. The van der Waals surface area contributed by atoms with Crippen LogP contribution in [0.1, 0.15) is 0 Å². The van der Waals surface area contributed by atoms with Gasteiger partial charge in [0.05, 0.1) is 5.69 Å². The van der Waals surface area contributed by atoms with Gasteiger partial charge in [-0.2, -0.15) is 0 Å². The van der Waals surface area contributed by atoms with Crippen molar-refractivity contribution >= 4 is 23.2 Å². The van der Waals surface area contributed by atoms with Crippen molar-refractivity contribution in [1.29, 1.82) is 0 Å². The number of rotatable bonds is 1. The molecule has 0 unspecified atom stereocenters. The van der Waals surface area contributed by atoms with Crippen molar-refractivity contribution in [2.45, 2.75) is 0 Å². The molecule has 0 spiro atoms. The molecule has 0 saturated heterocycles. The minimum absolute atomic E-state index is 0.413. The minimum Gasteiger partial charge on any atom is -0.236 e. The number of hydrogen-bond donors (Lipinski definition) is 0. The molecule has 0 N–H and O–H groups in total. The topological polar surface area (TPSA) is 12.9 Å². The van der Waals surface area contributed by atoms with Crippen molar-refractivity contribution in [2.24, 2.45) is 0 Å². The lowest BCUT2D eigenvalue weighted by Crippen LogP contribution is -1.83. The molecule has 2 aromatic rings. The molecule has 0 saturated carbocycles. The predicted molar refractivity (Wildman–Crippen MR) is 59.7 cm³/mol. The lowest BCUT2D eigenvalue weighted by Gasteiger charge is -2.01. The lowest BCUT2D eigenvalue weighted by molar-refractivity contribution is 1.33. The van der Waals surface area contributed by atoms with E-state index in [1.54, 1.807) is 12.1 Å². The van der Waals surface area contributed by atoms with Crippen LogP contribution in [0.4, 0.5) is 0 Å². The van der Waals surface area contributed by atoms with Crippen LogP contribution in [0.3, 0.4) is 0 Å². The van der Waals surface area contributed by atoms with E-state index >= 15 is 0 Å². The molecule has 0 aliphatic heterocycles. The average Bonchev–Trinajstić information content (AvgIpc) is 2.18. The van der Waals surface area contributed by atoms with E-state index in [9.17, 15) is 0 Å². The summed E-state index contributed by atoms with van der Waals surface area (Å²) in [6, 6.07) is 13.2. The molecule has 1 aromatic carbocycles. The number of hydrogen-bond acceptors (Lipinski definition) is 1. The summed E-state index contributed by atoms with van der Waals surface area (Å²) < 4.78 is 0. The van der Waals surface area contributed by atoms with Crippen molar-refractivity contribution < 1.29 is 0 Å². The highest BCUT2D eigenvalue weighted by Crippen LogP contribution is 2.23. The molecular weight excluding hydrogens is 217 g/mol. The van der Waals surface area contributed by atoms with Crippen molar-refractivity contribution in [1.82, 2.24) is 4.98 Å². The highest BCUT2D eigenvalue weighted by atomic mass is 35.5. The Bertz CT molecular complexity index is 420. The first-order valence-corrected chi connectivity index (χ1v) is 4.90. The van der Waals surface area contributed by atoms with Crippen LogP contribution in [-0.2, 0) is 0 Å². The highest BCUT2D eigenvalue weighted by molar-refractivity contribution is 6.34. The predicted octanol–water partition coefficient (Wildman–Crippen LogP) is 4.06. The fraction of sp³-hybridized carbons (Fsp3) is 0. The Balaban J connectivity index is 2.52. The maximum atomic E-state index is 5.88. The number of pyridine rings is 1. The Morgan fingerprint density at radius 3 is 2.29 bits per heavy atom. The van der Waals surface area contributed by atoms with Crippen molar-refractivity contribution in [3.05, 3.63) is 52.6 Å². The van der Waals surface area contributed by atoms with Gasteiger partial charge in [0.15, 0.2) is 0 Å². The van der Waals surface area contributed by atoms with E-state index in [1.165, 1.54) is 0 Å². The second-order valence-electron chi connectivity index (χ2n) is 2.86. The molecule has 14 heavy (non-hydrogen) atoms. The first-order valence-electron chi connectivity index (χ1n) is 4.14. The summed E-state index contributed by atoms with van der Waals surface area (Å²) in [5.74, 6) is 0. The van der Waals surface area contributed by atoms with Crippen molar-refractivity contribution in [2.75, 3.05) is 0 Å². The maximum Gasteiger partial charge on any atom is 0.131 e. The molecule has 70 valence electrons. The summed E-state index contributed by atoms with van der Waals surface area (Å²) in [6.45, 7) is 0. The Labute approximate surface area is 92.3 Å². The van der Waals surface area contributed by atoms with Gasteiger partial charge in [-0.05, 0) is 12.1 Å². The second kappa shape index (κ2) is 3.99. The third kappa shape index (κ3) is 2.06. The largest absolute Gasteiger partial charge is 0.236 e. The Morgan fingerprint density at radius 2 is 1.64 bits per heavy atom. The molecule has 0 bridgehead atoms. The average molecular weight is 224 g/mol. The van der Waals surface area contributed by atoms with Gasteiger partial charge in [0.1, 0.15) is 5.15 Å². The molecule has 2 rings (SSSR count). The molecule has 0 aliphatic rings. The van der Waals surface area contributed by atoms with Crippen LogP contribution in [0, 0.1) is 0 Å². The van der Waals surface area contributed by atoms with Gasteiger partial charge in [-0.15, -0.1) is 0 Å². The second-order valence-corrected chi connectivity index (χ2v) is 3.68. The van der Waals surface area contributed by atoms with Gasteiger partial charge >= 0.3 is 0 Å². The van der Waals surface area contributed by atoms with Crippen LogP contribution in [0.15, 0.2) is 42.5 Å². The van der Waals surface area contributed by atoms with E-state index in [0.717, 1.165) is 11.3 Å². The molecule has 1 heterocycles. The van der Waals surface area contributed by atoms with Crippen molar-refractivity contribution in [3.63, 3.8) is 0 Å². The van der Waals surface area contributed by atoms with Crippen LogP contribution in [0.2, 0.25) is 10.2 Å². The monoisotopic (exact) mass is 223 g/mol. The molecule has 3 heteroatoms. The molecule has 1 aromatic heterocycles. The van der Waals surface area contributed by atoms with Crippen LogP contribution in [0.5, 0.6) is 0 Å². The van der Waals surface area contributed by atoms with Gasteiger partial charge in [0.25, 0.3) is 0 Å². The Morgan fingerprint density at radius 1 is 0.929 bits per heavy atom. The van der Waals surface area contributed by atoms with E-state index in [2.05, 4.69) is 4.98 Å². The first-order chi connectivity index (χ1) is 6.75. The van der Waals surface area contributed by atoms with Gasteiger partial charge in [-0.3, -0.25) is 0 Å². The standard InChI is InChI=1S/C11H7Cl2N/c12-9-6-10(14-11(13)7-9)8-4-2-1-3-5-8/h1-7H. The zero-order valence-corrected chi connectivity index (χ0v) is 8.76. The normalized spacial score (nSPS) is 10.1. The molecular formula is C11H7Cl2N. The zero-order chi connectivity index (χ0) is 9.97. The molecule has 0 aliphatic carbocycles. The SMILES string of the molecule is Clc1cc(Cl)nc(-c2ccccc2)c1. The van der Waals surface area contributed by atoms with Gasteiger partial charge in [-0.1, -0.05) is 53.5 Å². The Hall–Kier alpha value is -1.05. The summed E-state index contributed by atoms with van der Waals surface area (Å²) in [6.07, 6.45) is 0. The van der Waals surface area contributed by atoms with Gasteiger partial charge in [-0.25, -0.2) is 4.98 Å². The van der Waals surface area contributed by atoms with Crippen molar-refractivity contribution in [3.8, 4) is 11.3 Å². The summed E-state index contributed by atoms with van der Waals surface area (Å²) in [7, 11) is 0. The molecule has 0 atom stereocenters. The van der Waals surface area contributed by atoms with E-state index in [0.29, 0.717) is 10.2 Å². The molecule has 0 fully saturated rings. The summed E-state index contributed by atoms with van der Waals surface area (Å²) in [4.78, 5) is 4.19. The lowest BCUT2D eigenvalue weighted by atomic mass is 10.1. The van der Waals surface area contributed by atoms with E-state index in [4.69, 9.17) is 23.2 Å². The number of benzene rings is 1. The summed E-state index contributed by atoms with van der Waals surface area (Å²) >= 11 is 11.7. The minimum atomic E-state index is 0.413. The number of aromatic nitrogens is 1. The van der Waals surface area contributed by atoms with Crippen LogP contribution >= 0.6 is 23.2 Å². The molecule has 0 radical (unpaired) electrons. The number of halogens is 2. The quantitative estimate of drug-likeness (QED) is 0.665. The van der Waals surface area contributed by atoms with Gasteiger partial charge in [0.2, 0.25) is 0 Å². The van der Waals surface area contributed by atoms with Crippen LogP contribution in [0.25, 0.3) is 11.3 Å². The van der Waals surface area contributed by atoms with E-state index < -0.39 is 0 Å². The molecule has 0 amide bonds. The van der Waals surface area contributed by atoms with Crippen LogP contribution < -0.4 is 0 Å². The zero-order valence-electron chi connectivity index (χ0n) is 7.24. The Kier molecular flexibility index (Phi) is 2.71. The molecule has 1 nitrogen and oxygen atoms in total. The smallest absolute Gasteiger partial charge is 0.131 e. The van der Waals surface area contributed by atoms with Crippen LogP contribution in [-0.4, -0.2) is 4.98 Å². The maximum absolute atomic E-state index is 5.88. The summed E-state index contributed by atoms with van der Waals surface area (Å²) in [5.41, 5.74) is 1.81. The van der Waals surface area contributed by atoms with E-state index in [1.807, 2.05) is 30.3 Å². The van der Waals surface area contributed by atoms with Gasteiger partial charge < -0.3 is 0 Å². The fourth-order valence-corrected chi connectivity index (χ4v) is 1.69. The highest BCUT2D eigenvalue weighted by Gasteiger charge is 2.01. The third-order valence-electron chi connectivity index (χ3n) is 1.83. The number of nitrogens with zero attached hydrogens (tertiary/aromatic N) is 1.